The van der Waals surface area contributed by atoms with Gasteiger partial charge in [0.1, 0.15) is 0 Å². The van der Waals surface area contributed by atoms with E-state index >= 15 is 0 Å². The minimum atomic E-state index is -0.0963. The first-order chi connectivity index (χ1) is 15.7. The number of amides is 2. The van der Waals surface area contributed by atoms with Crippen molar-refractivity contribution in [2.75, 3.05) is 5.32 Å². The maximum atomic E-state index is 12.6. The van der Waals surface area contributed by atoms with E-state index < -0.39 is 0 Å². The van der Waals surface area contributed by atoms with Crippen molar-refractivity contribution < 1.29 is 9.59 Å². The van der Waals surface area contributed by atoms with Gasteiger partial charge in [-0.3, -0.25) is 14.7 Å². The van der Waals surface area contributed by atoms with E-state index in [2.05, 4.69) is 20.8 Å². The number of nitrogens with zero attached hydrogens (tertiary/aromatic N) is 1. The fourth-order valence-corrected chi connectivity index (χ4v) is 4.26. The van der Waals surface area contributed by atoms with Crippen molar-refractivity contribution in [2.45, 2.75) is 31.2 Å². The second kappa shape index (κ2) is 8.67. The summed E-state index contributed by atoms with van der Waals surface area (Å²) >= 11 is 0. The van der Waals surface area contributed by atoms with Crippen LogP contribution >= 0.6 is 0 Å². The predicted molar refractivity (Wildman–Crippen MR) is 125 cm³/mol. The van der Waals surface area contributed by atoms with E-state index in [1.165, 1.54) is 0 Å². The van der Waals surface area contributed by atoms with E-state index in [9.17, 15) is 9.59 Å². The number of carbonyl (C=O) groups excluding carboxylic acids is 2. The van der Waals surface area contributed by atoms with Gasteiger partial charge >= 0.3 is 0 Å². The number of carbonyl (C=O) groups is 2. The maximum absolute atomic E-state index is 12.6. The number of hydrogen-bond donors (Lipinski definition) is 3. The quantitative estimate of drug-likeness (QED) is 0.428. The Morgan fingerprint density at radius 2 is 1.69 bits per heavy atom. The average molecular weight is 425 g/mol. The van der Waals surface area contributed by atoms with Crippen LogP contribution in [0.5, 0.6) is 0 Å². The first kappa shape index (κ1) is 20.0. The first-order valence-corrected chi connectivity index (χ1v) is 10.8. The molecule has 2 amide bonds. The molecule has 6 heteroatoms. The Balaban J connectivity index is 1.15. The topological polar surface area (TPSA) is 86.9 Å². The molecule has 5 rings (SSSR count). The van der Waals surface area contributed by atoms with E-state index in [-0.39, 0.29) is 17.9 Å². The number of aromatic amines is 1. The third-order valence-corrected chi connectivity index (χ3v) is 6.05. The fourth-order valence-electron chi connectivity index (χ4n) is 4.26. The molecular formula is C26H24N4O2. The van der Waals surface area contributed by atoms with E-state index in [1.54, 1.807) is 0 Å². The van der Waals surface area contributed by atoms with E-state index in [0.29, 0.717) is 23.7 Å². The summed E-state index contributed by atoms with van der Waals surface area (Å²) in [5.74, 6) is 0.690. The SMILES string of the molecule is O=C(Cc1cccc2ccccc12)Nc1cc([C@H]2C[C@@H](NC(=O)c3ccccc3)C2)[nH]n1. The average Bonchev–Trinajstić information content (AvgIpc) is 3.24. The Kier molecular flexibility index (Phi) is 5.42. The molecule has 3 N–H and O–H groups in total. The molecule has 1 aliphatic rings. The van der Waals surface area contributed by atoms with Crippen molar-refractivity contribution in [3.63, 3.8) is 0 Å². The highest BCUT2D eigenvalue weighted by molar-refractivity contribution is 5.96. The largest absolute Gasteiger partial charge is 0.349 e. The van der Waals surface area contributed by atoms with Crippen LogP contribution in [0.2, 0.25) is 0 Å². The van der Waals surface area contributed by atoms with Crippen LogP contribution in [0.1, 0.15) is 40.4 Å². The Morgan fingerprint density at radius 3 is 2.53 bits per heavy atom. The van der Waals surface area contributed by atoms with Gasteiger partial charge in [0.25, 0.3) is 5.91 Å². The number of anilines is 1. The Hall–Kier alpha value is -3.93. The summed E-state index contributed by atoms with van der Waals surface area (Å²) in [5, 5.41) is 15.5. The summed E-state index contributed by atoms with van der Waals surface area (Å²) in [4.78, 5) is 24.9. The van der Waals surface area contributed by atoms with E-state index in [0.717, 1.165) is 34.9 Å². The van der Waals surface area contributed by atoms with Crippen molar-refractivity contribution >= 4 is 28.4 Å². The van der Waals surface area contributed by atoms with Gasteiger partial charge in [0.2, 0.25) is 5.91 Å². The Bertz CT molecular complexity index is 1250. The minimum absolute atomic E-state index is 0.0416. The number of rotatable bonds is 6. The summed E-state index contributed by atoms with van der Waals surface area (Å²) in [6.45, 7) is 0. The van der Waals surface area contributed by atoms with E-state index in [1.807, 2.05) is 78.9 Å². The molecule has 1 heterocycles. The van der Waals surface area contributed by atoms with Crippen LogP contribution in [-0.4, -0.2) is 28.1 Å². The highest BCUT2D eigenvalue weighted by atomic mass is 16.2. The van der Waals surface area contributed by atoms with Gasteiger partial charge in [-0.1, -0.05) is 60.7 Å². The molecule has 3 aromatic carbocycles. The second-order valence-electron chi connectivity index (χ2n) is 8.28. The lowest BCUT2D eigenvalue weighted by molar-refractivity contribution is -0.115. The van der Waals surface area contributed by atoms with Crippen molar-refractivity contribution in [1.82, 2.24) is 15.5 Å². The van der Waals surface area contributed by atoms with Crippen molar-refractivity contribution in [2.24, 2.45) is 0 Å². The van der Waals surface area contributed by atoms with E-state index in [4.69, 9.17) is 0 Å². The first-order valence-electron chi connectivity index (χ1n) is 10.8. The highest BCUT2D eigenvalue weighted by Crippen LogP contribution is 2.36. The van der Waals surface area contributed by atoms with Crippen LogP contribution in [0.3, 0.4) is 0 Å². The zero-order valence-corrected chi connectivity index (χ0v) is 17.5. The van der Waals surface area contributed by atoms with Crippen LogP contribution in [0.4, 0.5) is 5.82 Å². The van der Waals surface area contributed by atoms with Crippen LogP contribution in [0.15, 0.2) is 78.9 Å². The van der Waals surface area contributed by atoms with Crippen LogP contribution in [0, 0.1) is 0 Å². The molecule has 0 atom stereocenters. The number of nitrogens with one attached hydrogen (secondary N) is 3. The van der Waals surface area contributed by atoms with Crippen molar-refractivity contribution in [3.05, 3.63) is 95.7 Å². The molecule has 0 saturated heterocycles. The van der Waals surface area contributed by atoms with Crippen LogP contribution in [0.25, 0.3) is 10.8 Å². The lowest BCUT2D eigenvalue weighted by Gasteiger charge is -2.35. The van der Waals surface area contributed by atoms with Gasteiger partial charge in [-0.05, 0) is 41.3 Å². The molecule has 6 nitrogen and oxygen atoms in total. The van der Waals surface area contributed by atoms with Crippen LogP contribution in [-0.2, 0) is 11.2 Å². The summed E-state index contributed by atoms with van der Waals surface area (Å²) in [5.41, 5.74) is 2.65. The monoisotopic (exact) mass is 424 g/mol. The van der Waals surface area contributed by atoms with Gasteiger partial charge < -0.3 is 10.6 Å². The van der Waals surface area contributed by atoms with Gasteiger partial charge in [-0.25, -0.2) is 0 Å². The molecule has 1 aromatic heterocycles. The van der Waals surface area contributed by atoms with Crippen LogP contribution < -0.4 is 10.6 Å². The highest BCUT2D eigenvalue weighted by Gasteiger charge is 2.33. The molecular weight excluding hydrogens is 400 g/mol. The molecule has 0 bridgehead atoms. The summed E-state index contributed by atoms with van der Waals surface area (Å²) in [7, 11) is 0. The minimum Gasteiger partial charge on any atom is -0.349 e. The normalized spacial score (nSPS) is 17.5. The lowest BCUT2D eigenvalue weighted by Crippen LogP contribution is -2.43. The molecule has 160 valence electrons. The van der Waals surface area contributed by atoms with Gasteiger partial charge in [-0.15, -0.1) is 0 Å². The molecule has 1 saturated carbocycles. The lowest BCUT2D eigenvalue weighted by atomic mass is 9.78. The molecule has 0 unspecified atom stereocenters. The number of hydrogen-bond acceptors (Lipinski definition) is 3. The number of aromatic nitrogens is 2. The standard InChI is InChI=1S/C26H24N4O2/c31-25(15-19-11-6-10-17-7-4-5-12-22(17)19)28-24-16-23(29-30-24)20-13-21(14-20)27-26(32)18-8-2-1-3-9-18/h1-12,16,20-21H,13-15H2,(H,27,32)(H2,28,29,30,31)/t20-,21+. The predicted octanol–water partition coefficient (Wildman–Crippen LogP) is 4.42. The second-order valence-corrected chi connectivity index (χ2v) is 8.28. The molecule has 4 aromatic rings. The van der Waals surface area contributed by atoms with Gasteiger partial charge in [0.05, 0.1) is 6.42 Å². The number of H-pyrrole nitrogens is 1. The van der Waals surface area contributed by atoms with Gasteiger partial charge in [-0.2, -0.15) is 5.10 Å². The Morgan fingerprint density at radius 1 is 0.938 bits per heavy atom. The third kappa shape index (κ3) is 4.25. The molecule has 0 spiro atoms. The smallest absolute Gasteiger partial charge is 0.251 e. The summed E-state index contributed by atoms with van der Waals surface area (Å²) in [6.07, 6.45) is 1.99. The molecule has 0 radical (unpaired) electrons. The zero-order valence-electron chi connectivity index (χ0n) is 17.5. The summed E-state index contributed by atoms with van der Waals surface area (Å²) < 4.78 is 0. The van der Waals surface area contributed by atoms with Crippen molar-refractivity contribution in [1.29, 1.82) is 0 Å². The molecule has 0 aliphatic heterocycles. The Labute approximate surface area is 186 Å². The summed E-state index contributed by atoms with van der Waals surface area (Å²) in [6, 6.07) is 25.3. The number of fused-ring (bicyclic) bond motifs is 1. The molecule has 1 fully saturated rings. The third-order valence-electron chi connectivity index (χ3n) is 6.05. The maximum Gasteiger partial charge on any atom is 0.251 e. The van der Waals surface area contributed by atoms with Gasteiger partial charge in [0, 0.05) is 29.3 Å². The van der Waals surface area contributed by atoms with Gasteiger partial charge in [0.15, 0.2) is 5.82 Å². The number of benzene rings is 3. The molecule has 32 heavy (non-hydrogen) atoms. The van der Waals surface area contributed by atoms with Crippen molar-refractivity contribution in [3.8, 4) is 0 Å². The fraction of sp³-hybridized carbons (Fsp3) is 0.192. The molecule has 1 aliphatic carbocycles. The zero-order chi connectivity index (χ0) is 21.9.